The Bertz CT molecular complexity index is 753. The van der Waals surface area contributed by atoms with Gasteiger partial charge < -0.3 is 14.4 Å². The van der Waals surface area contributed by atoms with Crippen LogP contribution >= 0.6 is 9.24 Å². The number of allylic oxidation sites excluding steroid dienone is 2. The minimum Gasteiger partial charge on any atom is -0.494 e. The molecule has 0 saturated heterocycles. The van der Waals surface area contributed by atoms with Crippen molar-refractivity contribution < 1.29 is 18.7 Å². The first-order valence-electron chi connectivity index (χ1n) is 7.91. The molecule has 4 nitrogen and oxygen atoms in total. The van der Waals surface area contributed by atoms with Gasteiger partial charge in [0.05, 0.1) is 14.2 Å². The molecular weight excluding hydrogens is 352 g/mol. The van der Waals surface area contributed by atoms with E-state index in [9.17, 15) is 9.18 Å². The quantitative estimate of drug-likeness (QED) is 0.302. The molecule has 0 aliphatic heterocycles. The summed E-state index contributed by atoms with van der Waals surface area (Å²) in [6, 6.07) is 4.98. The van der Waals surface area contributed by atoms with Crippen LogP contribution in [0.4, 0.5) is 4.39 Å². The fourth-order valence-electron chi connectivity index (χ4n) is 2.14. The van der Waals surface area contributed by atoms with Crippen molar-refractivity contribution in [3.8, 4) is 0 Å². The molecule has 0 saturated carbocycles. The predicted molar refractivity (Wildman–Crippen MR) is 107 cm³/mol. The van der Waals surface area contributed by atoms with E-state index in [0.717, 1.165) is 10.9 Å². The molecule has 0 aromatic heterocycles. The molecule has 0 spiro atoms. The van der Waals surface area contributed by atoms with Gasteiger partial charge in [0.25, 0.3) is 0 Å². The van der Waals surface area contributed by atoms with Crippen LogP contribution in [0.2, 0.25) is 0 Å². The van der Waals surface area contributed by atoms with Crippen LogP contribution in [0.25, 0.3) is 6.08 Å². The molecule has 0 radical (unpaired) electrons. The number of carbonyl (C=O) groups is 1. The third-order valence-electron chi connectivity index (χ3n) is 3.52. The van der Waals surface area contributed by atoms with Crippen molar-refractivity contribution in [3.05, 3.63) is 71.5 Å². The summed E-state index contributed by atoms with van der Waals surface area (Å²) in [5.41, 5.74) is 1.36. The Morgan fingerprint density at radius 2 is 2.04 bits per heavy atom. The maximum absolute atomic E-state index is 13.9. The SMILES string of the molecule is C=C(OC)/C(=C\C=C\C(=O)N(C)C/C(C)=C/c1ccc(P)cc1F)OC. The highest BCUT2D eigenvalue weighted by atomic mass is 31.0. The molecule has 26 heavy (non-hydrogen) atoms. The molecule has 140 valence electrons. The van der Waals surface area contributed by atoms with E-state index in [1.54, 1.807) is 31.3 Å². The Balaban J connectivity index is 2.74. The van der Waals surface area contributed by atoms with E-state index in [4.69, 9.17) is 9.47 Å². The Kier molecular flexibility index (Phi) is 8.80. The third kappa shape index (κ3) is 6.85. The van der Waals surface area contributed by atoms with E-state index in [-0.39, 0.29) is 11.7 Å². The van der Waals surface area contributed by atoms with Gasteiger partial charge in [-0.25, -0.2) is 4.39 Å². The number of likely N-dealkylation sites (N-methyl/N-ethyl adjacent to an activating group) is 1. The lowest BCUT2D eigenvalue weighted by molar-refractivity contribution is -0.124. The summed E-state index contributed by atoms with van der Waals surface area (Å²) in [5, 5.41) is 0.786. The molecule has 0 aliphatic rings. The highest BCUT2D eigenvalue weighted by molar-refractivity contribution is 7.27. The zero-order valence-corrected chi connectivity index (χ0v) is 16.7. The first-order chi connectivity index (χ1) is 12.3. The molecule has 1 unspecified atom stereocenters. The first-order valence-corrected chi connectivity index (χ1v) is 8.49. The molecular formula is C20H25FNO3P. The summed E-state index contributed by atoms with van der Waals surface area (Å²) in [6.07, 6.45) is 6.32. The molecule has 1 aromatic rings. The molecule has 0 N–H and O–H groups in total. The van der Waals surface area contributed by atoms with Crippen molar-refractivity contribution in [1.82, 2.24) is 4.90 Å². The summed E-state index contributed by atoms with van der Waals surface area (Å²) in [7, 11) is 7.12. The van der Waals surface area contributed by atoms with Crippen LogP contribution in [-0.4, -0.2) is 38.6 Å². The maximum atomic E-state index is 13.9. The van der Waals surface area contributed by atoms with Crippen molar-refractivity contribution in [2.75, 3.05) is 27.8 Å². The van der Waals surface area contributed by atoms with E-state index < -0.39 is 0 Å². The monoisotopic (exact) mass is 377 g/mol. The smallest absolute Gasteiger partial charge is 0.246 e. The van der Waals surface area contributed by atoms with Crippen LogP contribution in [0.5, 0.6) is 0 Å². The Hall–Kier alpha value is -2.39. The molecule has 0 heterocycles. The van der Waals surface area contributed by atoms with E-state index in [0.29, 0.717) is 23.6 Å². The van der Waals surface area contributed by atoms with E-state index in [2.05, 4.69) is 15.8 Å². The van der Waals surface area contributed by atoms with Gasteiger partial charge in [-0.2, -0.15) is 0 Å². The molecule has 0 fully saturated rings. The molecule has 0 bridgehead atoms. The highest BCUT2D eigenvalue weighted by Crippen LogP contribution is 2.12. The lowest BCUT2D eigenvalue weighted by atomic mass is 10.1. The van der Waals surface area contributed by atoms with Crippen LogP contribution in [0.3, 0.4) is 0 Å². The zero-order valence-electron chi connectivity index (χ0n) is 15.6. The summed E-state index contributed by atoms with van der Waals surface area (Å²) in [4.78, 5) is 13.7. The van der Waals surface area contributed by atoms with Gasteiger partial charge in [0, 0.05) is 25.2 Å². The molecule has 1 aromatic carbocycles. The minimum atomic E-state index is -0.290. The molecule has 0 aliphatic carbocycles. The van der Waals surface area contributed by atoms with Crippen LogP contribution < -0.4 is 5.30 Å². The summed E-state index contributed by atoms with van der Waals surface area (Å²) < 4.78 is 24.0. The number of hydrogen-bond acceptors (Lipinski definition) is 3. The normalized spacial score (nSPS) is 12.2. The largest absolute Gasteiger partial charge is 0.494 e. The summed E-state index contributed by atoms with van der Waals surface area (Å²) in [5.74, 6) is 0.327. The number of ether oxygens (including phenoxy) is 2. The number of methoxy groups -OCH3 is 2. The molecule has 1 rings (SSSR count). The third-order valence-corrected chi connectivity index (χ3v) is 3.88. The van der Waals surface area contributed by atoms with Gasteiger partial charge in [-0.1, -0.05) is 36.4 Å². The summed E-state index contributed by atoms with van der Waals surface area (Å²) >= 11 is 0. The van der Waals surface area contributed by atoms with Gasteiger partial charge in [0.15, 0.2) is 11.5 Å². The second-order valence-corrected chi connectivity index (χ2v) is 6.35. The second kappa shape index (κ2) is 10.6. The average molecular weight is 377 g/mol. The number of hydrogen-bond donors (Lipinski definition) is 0. The molecule has 1 atom stereocenters. The van der Waals surface area contributed by atoms with E-state index in [1.165, 1.54) is 31.3 Å². The van der Waals surface area contributed by atoms with Crippen LogP contribution in [-0.2, 0) is 14.3 Å². The van der Waals surface area contributed by atoms with Gasteiger partial charge in [0.1, 0.15) is 5.82 Å². The number of carbonyl (C=O) groups excluding carboxylic acids is 1. The van der Waals surface area contributed by atoms with Crippen molar-refractivity contribution in [1.29, 1.82) is 0 Å². The standard InChI is InChI=1S/C20H25FNO3P/c1-14(11-16-9-10-17(26)12-18(16)21)13-22(3)20(23)8-6-7-19(25-5)15(2)24-4/h6-12H,2,13,26H2,1,3-5H3/b8-6+,14-11+,19-7+. The lowest BCUT2D eigenvalue weighted by Gasteiger charge is -2.15. The minimum absolute atomic E-state index is 0.187. The van der Waals surface area contributed by atoms with Crippen LogP contribution in [0.15, 0.2) is 60.1 Å². The lowest BCUT2D eigenvalue weighted by Crippen LogP contribution is -2.26. The number of halogens is 1. The Morgan fingerprint density at radius 3 is 2.62 bits per heavy atom. The van der Waals surface area contributed by atoms with Gasteiger partial charge in [-0.15, -0.1) is 9.24 Å². The number of benzene rings is 1. The van der Waals surface area contributed by atoms with Crippen LogP contribution in [0, 0.1) is 5.82 Å². The van der Waals surface area contributed by atoms with E-state index >= 15 is 0 Å². The summed E-state index contributed by atoms with van der Waals surface area (Å²) in [6.45, 7) is 5.92. The maximum Gasteiger partial charge on any atom is 0.246 e. The average Bonchev–Trinajstić information content (AvgIpc) is 2.60. The first kappa shape index (κ1) is 21.7. The van der Waals surface area contributed by atoms with Crippen molar-refractivity contribution in [2.45, 2.75) is 6.92 Å². The van der Waals surface area contributed by atoms with Crippen LogP contribution in [0.1, 0.15) is 12.5 Å². The van der Waals surface area contributed by atoms with Gasteiger partial charge in [-0.3, -0.25) is 4.79 Å². The molecule has 1 amide bonds. The van der Waals surface area contributed by atoms with Gasteiger partial charge >= 0.3 is 0 Å². The Labute approximate surface area is 156 Å². The predicted octanol–water partition coefficient (Wildman–Crippen LogP) is 3.43. The van der Waals surface area contributed by atoms with Crippen molar-refractivity contribution in [3.63, 3.8) is 0 Å². The number of rotatable bonds is 8. The van der Waals surface area contributed by atoms with Gasteiger partial charge in [0.2, 0.25) is 5.91 Å². The highest BCUT2D eigenvalue weighted by Gasteiger charge is 2.07. The fraction of sp³-hybridized carbons (Fsp3) is 0.250. The number of amides is 1. The van der Waals surface area contributed by atoms with Gasteiger partial charge in [-0.05, 0) is 24.4 Å². The van der Waals surface area contributed by atoms with Crippen molar-refractivity contribution in [2.24, 2.45) is 0 Å². The molecule has 6 heteroatoms. The zero-order chi connectivity index (χ0) is 19.7. The number of nitrogens with zero attached hydrogens (tertiary/aromatic N) is 1. The Morgan fingerprint density at radius 1 is 1.35 bits per heavy atom. The second-order valence-electron chi connectivity index (χ2n) is 5.69. The van der Waals surface area contributed by atoms with E-state index in [1.807, 2.05) is 13.0 Å². The topological polar surface area (TPSA) is 38.8 Å². The fourth-order valence-corrected chi connectivity index (χ4v) is 2.39. The van der Waals surface area contributed by atoms with Crippen molar-refractivity contribution >= 4 is 26.5 Å².